The first kappa shape index (κ1) is 21.5. The Labute approximate surface area is 156 Å². The van der Waals surface area contributed by atoms with Gasteiger partial charge in [0.25, 0.3) is 0 Å². The van der Waals surface area contributed by atoms with Crippen molar-refractivity contribution in [2.45, 2.75) is 31.2 Å². The second-order valence-corrected chi connectivity index (χ2v) is 8.15. The molecule has 154 valence electrons. The van der Waals surface area contributed by atoms with E-state index in [-0.39, 0.29) is 12.2 Å². The van der Waals surface area contributed by atoms with Crippen molar-refractivity contribution in [1.29, 1.82) is 0 Å². The van der Waals surface area contributed by atoms with Gasteiger partial charge in [-0.1, -0.05) is 5.16 Å². The summed E-state index contributed by atoms with van der Waals surface area (Å²) >= 11 is 0. The van der Waals surface area contributed by atoms with Crippen LogP contribution in [-0.2, 0) is 15.8 Å². The summed E-state index contributed by atoms with van der Waals surface area (Å²) in [6, 6.07) is 1.51. The van der Waals surface area contributed by atoms with E-state index >= 15 is 0 Å². The van der Waals surface area contributed by atoms with Crippen molar-refractivity contribution in [1.82, 2.24) is 19.7 Å². The minimum atomic E-state index is -4.13. The summed E-state index contributed by atoms with van der Waals surface area (Å²) < 4.78 is 67.3. The van der Waals surface area contributed by atoms with Crippen molar-refractivity contribution in [3.05, 3.63) is 18.0 Å². The van der Waals surface area contributed by atoms with E-state index in [9.17, 15) is 21.6 Å². The minimum Gasteiger partial charge on any atom is -0.364 e. The topological polar surface area (TPSA) is 91.0 Å². The molecule has 1 N–H and O–H groups in total. The number of nitrogens with zero attached hydrogens (tertiary/aromatic N) is 4. The maximum Gasteiger partial charge on any atom is 0.389 e. The van der Waals surface area contributed by atoms with Crippen LogP contribution in [0.25, 0.3) is 0 Å². The highest BCUT2D eigenvalue weighted by Crippen LogP contribution is 2.21. The smallest absolute Gasteiger partial charge is 0.364 e. The van der Waals surface area contributed by atoms with E-state index in [0.29, 0.717) is 50.8 Å². The Kier molecular flexibility index (Phi) is 7.48. The van der Waals surface area contributed by atoms with Crippen LogP contribution in [-0.4, -0.2) is 74.7 Å². The number of guanidine groups is 1. The molecule has 1 aromatic heterocycles. The average Bonchev–Trinajstić information content (AvgIpc) is 3.09. The van der Waals surface area contributed by atoms with Gasteiger partial charge in [-0.3, -0.25) is 4.99 Å². The minimum absolute atomic E-state index is 0.0571. The summed E-state index contributed by atoms with van der Waals surface area (Å²) in [5.41, 5.74) is 0.355. The van der Waals surface area contributed by atoms with Crippen molar-refractivity contribution in [2.75, 3.05) is 39.8 Å². The Balaban J connectivity index is 1.76. The molecule has 12 heteroatoms. The monoisotopic (exact) mass is 411 g/mol. The summed E-state index contributed by atoms with van der Waals surface area (Å²) in [6.45, 7) is 1.87. The second-order valence-electron chi connectivity index (χ2n) is 6.18. The van der Waals surface area contributed by atoms with Gasteiger partial charge in [-0.2, -0.15) is 17.5 Å². The molecule has 0 atom stereocenters. The van der Waals surface area contributed by atoms with Crippen molar-refractivity contribution in [3.8, 4) is 0 Å². The zero-order valence-corrected chi connectivity index (χ0v) is 15.9. The molecule has 0 aromatic carbocycles. The largest absolute Gasteiger partial charge is 0.389 e. The predicted octanol–water partition coefficient (Wildman–Crippen LogP) is 1.43. The molecule has 1 aliphatic rings. The number of hydrogen-bond donors (Lipinski definition) is 1. The van der Waals surface area contributed by atoms with Gasteiger partial charge >= 0.3 is 6.18 Å². The number of piperazine rings is 1. The summed E-state index contributed by atoms with van der Waals surface area (Å²) in [5, 5.41) is 6.66. The number of nitrogens with one attached hydrogen (secondary N) is 1. The fourth-order valence-electron chi connectivity index (χ4n) is 2.75. The van der Waals surface area contributed by atoms with Crippen molar-refractivity contribution in [3.63, 3.8) is 0 Å². The molecule has 0 radical (unpaired) electrons. The van der Waals surface area contributed by atoms with E-state index in [1.165, 1.54) is 16.6 Å². The molecule has 0 unspecified atom stereocenters. The predicted molar refractivity (Wildman–Crippen MR) is 93.5 cm³/mol. The van der Waals surface area contributed by atoms with Crippen LogP contribution in [0.4, 0.5) is 13.2 Å². The molecule has 8 nitrogen and oxygen atoms in total. The van der Waals surface area contributed by atoms with Gasteiger partial charge in [0.05, 0.1) is 5.69 Å². The molecule has 2 rings (SSSR count). The molecule has 1 aromatic rings. The van der Waals surface area contributed by atoms with Gasteiger partial charge in [0.1, 0.15) is 12.0 Å². The van der Waals surface area contributed by atoms with Gasteiger partial charge in [-0.05, 0) is 12.8 Å². The third-order valence-corrected chi connectivity index (χ3v) is 5.95. The van der Waals surface area contributed by atoms with E-state index in [4.69, 9.17) is 0 Å². The normalized spacial score (nSPS) is 17.3. The van der Waals surface area contributed by atoms with Crippen LogP contribution in [0.1, 0.15) is 25.0 Å². The quantitative estimate of drug-likeness (QED) is 0.415. The molecular formula is C15H24F3N5O3S. The average molecular weight is 411 g/mol. The van der Waals surface area contributed by atoms with Crippen LogP contribution < -0.4 is 5.32 Å². The number of aliphatic imine (C=N–C) groups is 1. The van der Waals surface area contributed by atoms with Gasteiger partial charge in [0, 0.05) is 52.3 Å². The van der Waals surface area contributed by atoms with E-state index in [2.05, 4.69) is 20.0 Å². The maximum absolute atomic E-state index is 12.4. The van der Waals surface area contributed by atoms with Crippen molar-refractivity contribution in [2.24, 2.45) is 4.99 Å². The van der Waals surface area contributed by atoms with Crippen LogP contribution in [0, 0.1) is 0 Å². The molecule has 1 fully saturated rings. The van der Waals surface area contributed by atoms with Crippen molar-refractivity contribution < 1.29 is 26.1 Å². The first-order valence-corrected chi connectivity index (χ1v) is 10.2. The molecule has 0 amide bonds. The van der Waals surface area contributed by atoms with Gasteiger partial charge < -0.3 is 14.7 Å². The summed E-state index contributed by atoms with van der Waals surface area (Å²) in [4.78, 5) is 6.02. The number of sulfonamides is 1. The first-order valence-electron chi connectivity index (χ1n) is 8.61. The zero-order valence-electron chi connectivity index (χ0n) is 15.1. The number of halogens is 3. The van der Waals surface area contributed by atoms with Gasteiger partial charge in [-0.15, -0.1) is 0 Å². The lowest BCUT2D eigenvalue weighted by molar-refractivity contribution is -0.135. The Morgan fingerprint density at radius 1 is 1.30 bits per heavy atom. The lowest BCUT2D eigenvalue weighted by Gasteiger charge is -2.35. The number of alkyl halides is 3. The molecule has 0 spiro atoms. The Morgan fingerprint density at radius 3 is 2.56 bits per heavy atom. The highest BCUT2D eigenvalue weighted by atomic mass is 32.2. The first-order chi connectivity index (χ1) is 12.7. The molecule has 27 heavy (non-hydrogen) atoms. The van der Waals surface area contributed by atoms with Crippen LogP contribution in [0.2, 0.25) is 0 Å². The van der Waals surface area contributed by atoms with Gasteiger partial charge in [0.2, 0.25) is 10.0 Å². The van der Waals surface area contributed by atoms with Gasteiger partial charge in [-0.25, -0.2) is 8.42 Å². The fourth-order valence-corrected chi connectivity index (χ4v) is 4.18. The van der Waals surface area contributed by atoms with E-state index < -0.39 is 22.6 Å². The van der Waals surface area contributed by atoms with E-state index in [0.717, 1.165) is 0 Å². The number of hydrogen-bond acceptors (Lipinski definition) is 5. The van der Waals surface area contributed by atoms with Crippen LogP contribution in [0.15, 0.2) is 21.8 Å². The van der Waals surface area contributed by atoms with Crippen LogP contribution in [0.3, 0.4) is 0 Å². The fraction of sp³-hybridized carbons (Fsp3) is 0.733. The summed E-state index contributed by atoms with van der Waals surface area (Å²) in [7, 11) is -1.89. The summed E-state index contributed by atoms with van der Waals surface area (Å²) in [6.07, 6.45) is -3.16. The molecule has 0 bridgehead atoms. The maximum atomic E-state index is 12.4. The lowest BCUT2D eigenvalue weighted by Crippen LogP contribution is -2.54. The third-order valence-electron chi connectivity index (χ3n) is 4.14. The second kappa shape index (κ2) is 9.40. The van der Waals surface area contributed by atoms with Crippen LogP contribution >= 0.6 is 0 Å². The Morgan fingerprint density at radius 2 is 2.00 bits per heavy atom. The number of rotatable bonds is 7. The SMILES string of the molecule is CN=C(NCCCCC(F)(F)F)N1CCN(S(=O)(=O)Cc2ccon2)CC1. The highest BCUT2D eigenvalue weighted by Gasteiger charge is 2.29. The molecule has 2 heterocycles. The van der Waals surface area contributed by atoms with Crippen LogP contribution in [0.5, 0.6) is 0 Å². The standard InChI is InChI=1S/C15H24F3N5O3S/c1-19-14(20-6-3-2-5-15(16,17)18)22-7-9-23(10-8-22)27(24,25)12-13-4-11-26-21-13/h4,11H,2-3,5-10,12H2,1H3,(H,19,20). The molecule has 0 aliphatic carbocycles. The number of unbranched alkanes of at least 4 members (excludes halogenated alkanes) is 1. The molecule has 1 aliphatic heterocycles. The summed E-state index contributed by atoms with van der Waals surface area (Å²) in [5.74, 6) is 0.353. The van der Waals surface area contributed by atoms with Gasteiger partial charge in [0.15, 0.2) is 5.96 Å². The third kappa shape index (κ3) is 7.01. The highest BCUT2D eigenvalue weighted by molar-refractivity contribution is 7.88. The number of aromatic nitrogens is 1. The lowest BCUT2D eigenvalue weighted by atomic mass is 10.2. The molecule has 1 saturated heterocycles. The molecular weight excluding hydrogens is 387 g/mol. The van der Waals surface area contributed by atoms with E-state index in [1.807, 2.05) is 4.90 Å². The van der Waals surface area contributed by atoms with Crippen molar-refractivity contribution >= 4 is 16.0 Å². The Hall–Kier alpha value is -1.82. The zero-order chi connectivity index (χ0) is 19.9. The van der Waals surface area contributed by atoms with E-state index in [1.54, 1.807) is 7.05 Å². The molecule has 0 saturated carbocycles. The Bertz CT molecular complexity index is 699.